The third-order valence-corrected chi connectivity index (χ3v) is 2.33. The molecule has 0 aliphatic carbocycles. The van der Waals surface area contributed by atoms with Gasteiger partial charge >= 0.3 is 0 Å². The highest BCUT2D eigenvalue weighted by Crippen LogP contribution is 2.06. The number of halogens is 1. The Hall–Kier alpha value is -1.30. The van der Waals surface area contributed by atoms with Gasteiger partial charge in [-0.25, -0.2) is 0 Å². The molecule has 0 saturated heterocycles. The van der Waals surface area contributed by atoms with E-state index in [1.54, 1.807) is 23.2 Å². The van der Waals surface area contributed by atoms with E-state index < -0.39 is 6.10 Å². The number of nitrogens with zero attached hydrogens (tertiary/aromatic N) is 2. The van der Waals surface area contributed by atoms with E-state index >= 15 is 0 Å². The number of hydrogen-bond acceptors (Lipinski definition) is 4. The van der Waals surface area contributed by atoms with E-state index in [1.165, 1.54) is 6.20 Å². The molecule has 0 aliphatic rings. The first-order valence-corrected chi connectivity index (χ1v) is 5.58. The monoisotopic (exact) mass is 256 g/mol. The fourth-order valence-electron chi connectivity index (χ4n) is 1.40. The molecular weight excluding hydrogens is 244 g/mol. The van der Waals surface area contributed by atoms with Gasteiger partial charge in [-0.15, -0.1) is 0 Å². The SMILES string of the molecule is OC(COCc1ccco1)Cn1cc(Cl)cn1. The van der Waals surface area contributed by atoms with Crippen molar-refractivity contribution in [3.8, 4) is 0 Å². The molecular formula is C11H13ClN2O3. The lowest BCUT2D eigenvalue weighted by Gasteiger charge is -2.10. The van der Waals surface area contributed by atoms with Gasteiger partial charge in [0.05, 0.1) is 36.7 Å². The first-order valence-electron chi connectivity index (χ1n) is 5.20. The zero-order valence-corrected chi connectivity index (χ0v) is 9.88. The minimum Gasteiger partial charge on any atom is -0.467 e. The van der Waals surface area contributed by atoms with Gasteiger partial charge < -0.3 is 14.3 Å². The Morgan fingerprint density at radius 1 is 1.59 bits per heavy atom. The molecule has 0 spiro atoms. The molecule has 1 N–H and O–H groups in total. The van der Waals surface area contributed by atoms with Crippen LogP contribution in [0.3, 0.4) is 0 Å². The van der Waals surface area contributed by atoms with Crippen molar-refractivity contribution in [2.24, 2.45) is 0 Å². The van der Waals surface area contributed by atoms with Gasteiger partial charge in [0.15, 0.2) is 0 Å². The quantitative estimate of drug-likeness (QED) is 0.855. The van der Waals surface area contributed by atoms with Gasteiger partial charge in [-0.3, -0.25) is 4.68 Å². The summed E-state index contributed by atoms with van der Waals surface area (Å²) in [6.07, 6.45) is 4.14. The molecule has 0 radical (unpaired) electrons. The molecule has 1 unspecified atom stereocenters. The second kappa shape index (κ2) is 5.86. The third kappa shape index (κ3) is 3.89. The largest absolute Gasteiger partial charge is 0.467 e. The molecule has 0 aromatic carbocycles. The molecule has 0 bridgehead atoms. The van der Waals surface area contributed by atoms with Crippen molar-refractivity contribution in [3.05, 3.63) is 41.6 Å². The number of furan rings is 1. The van der Waals surface area contributed by atoms with Gasteiger partial charge in [-0.05, 0) is 12.1 Å². The van der Waals surface area contributed by atoms with Crippen molar-refractivity contribution >= 4 is 11.6 Å². The van der Waals surface area contributed by atoms with Crippen molar-refractivity contribution in [1.29, 1.82) is 0 Å². The van der Waals surface area contributed by atoms with Gasteiger partial charge in [0, 0.05) is 6.20 Å². The maximum absolute atomic E-state index is 9.68. The predicted molar refractivity (Wildman–Crippen MR) is 61.6 cm³/mol. The molecule has 0 aliphatic heterocycles. The third-order valence-electron chi connectivity index (χ3n) is 2.13. The van der Waals surface area contributed by atoms with Crippen LogP contribution >= 0.6 is 11.6 Å². The van der Waals surface area contributed by atoms with Crippen molar-refractivity contribution in [3.63, 3.8) is 0 Å². The first-order chi connectivity index (χ1) is 8.24. The van der Waals surface area contributed by atoms with E-state index in [1.807, 2.05) is 6.07 Å². The molecule has 2 aromatic rings. The smallest absolute Gasteiger partial charge is 0.129 e. The lowest BCUT2D eigenvalue weighted by Crippen LogP contribution is -2.22. The molecule has 2 aromatic heterocycles. The molecule has 6 heteroatoms. The average Bonchev–Trinajstić information content (AvgIpc) is 2.90. The Balaban J connectivity index is 1.69. The lowest BCUT2D eigenvalue weighted by molar-refractivity contribution is 0.0131. The number of aliphatic hydroxyl groups is 1. The van der Waals surface area contributed by atoms with Crippen LogP contribution in [0, 0.1) is 0 Å². The zero-order valence-electron chi connectivity index (χ0n) is 9.12. The van der Waals surface area contributed by atoms with Gasteiger partial charge in [-0.2, -0.15) is 5.10 Å². The number of hydrogen-bond donors (Lipinski definition) is 1. The topological polar surface area (TPSA) is 60.4 Å². The summed E-state index contributed by atoms with van der Waals surface area (Å²) >= 11 is 5.71. The van der Waals surface area contributed by atoms with E-state index in [4.69, 9.17) is 20.8 Å². The van der Waals surface area contributed by atoms with E-state index in [2.05, 4.69) is 5.10 Å². The van der Waals surface area contributed by atoms with Crippen LogP contribution in [0.4, 0.5) is 0 Å². The molecule has 0 saturated carbocycles. The second-order valence-electron chi connectivity index (χ2n) is 3.63. The molecule has 2 rings (SSSR count). The van der Waals surface area contributed by atoms with Gasteiger partial charge in [0.2, 0.25) is 0 Å². The molecule has 17 heavy (non-hydrogen) atoms. The summed E-state index contributed by atoms with van der Waals surface area (Å²) in [5.41, 5.74) is 0. The Labute approximate surface area is 104 Å². The summed E-state index contributed by atoms with van der Waals surface area (Å²) in [5, 5.41) is 14.2. The van der Waals surface area contributed by atoms with Crippen LogP contribution in [-0.2, 0) is 17.9 Å². The van der Waals surface area contributed by atoms with Crippen LogP contribution in [0.5, 0.6) is 0 Å². The second-order valence-corrected chi connectivity index (χ2v) is 4.07. The Kier molecular flexibility index (Phi) is 4.19. The fraction of sp³-hybridized carbons (Fsp3) is 0.364. The Bertz CT molecular complexity index is 441. The number of aliphatic hydroxyl groups excluding tert-OH is 1. The van der Waals surface area contributed by atoms with Crippen molar-refractivity contribution in [2.45, 2.75) is 19.3 Å². The molecule has 92 valence electrons. The Morgan fingerprint density at radius 3 is 3.12 bits per heavy atom. The molecule has 5 nitrogen and oxygen atoms in total. The average molecular weight is 257 g/mol. The van der Waals surface area contributed by atoms with Crippen LogP contribution in [-0.4, -0.2) is 27.6 Å². The van der Waals surface area contributed by atoms with Crippen LogP contribution in [0.2, 0.25) is 5.02 Å². The Morgan fingerprint density at radius 2 is 2.47 bits per heavy atom. The maximum Gasteiger partial charge on any atom is 0.129 e. The summed E-state index contributed by atoms with van der Waals surface area (Å²) in [4.78, 5) is 0. The summed E-state index contributed by atoms with van der Waals surface area (Å²) in [6.45, 7) is 0.924. The van der Waals surface area contributed by atoms with Crippen molar-refractivity contribution in [1.82, 2.24) is 9.78 Å². The normalized spacial score (nSPS) is 12.8. The van der Waals surface area contributed by atoms with E-state index in [9.17, 15) is 5.11 Å². The molecule has 0 fully saturated rings. The molecule has 2 heterocycles. The zero-order chi connectivity index (χ0) is 12.1. The van der Waals surface area contributed by atoms with E-state index in [-0.39, 0.29) is 6.61 Å². The molecule has 0 amide bonds. The van der Waals surface area contributed by atoms with E-state index in [0.29, 0.717) is 18.2 Å². The van der Waals surface area contributed by atoms with Crippen LogP contribution < -0.4 is 0 Å². The highest BCUT2D eigenvalue weighted by Gasteiger charge is 2.07. The van der Waals surface area contributed by atoms with Gasteiger partial charge in [0.1, 0.15) is 12.4 Å². The number of rotatable bonds is 6. The van der Waals surface area contributed by atoms with Crippen LogP contribution in [0.15, 0.2) is 35.2 Å². The van der Waals surface area contributed by atoms with Crippen molar-refractivity contribution < 1.29 is 14.3 Å². The number of ether oxygens (including phenoxy) is 1. The standard InChI is InChI=1S/C11H13ClN2O3/c12-9-4-13-14(5-9)6-10(15)7-16-8-11-2-1-3-17-11/h1-5,10,15H,6-8H2. The number of aromatic nitrogens is 2. The van der Waals surface area contributed by atoms with Crippen LogP contribution in [0.1, 0.15) is 5.76 Å². The van der Waals surface area contributed by atoms with Gasteiger partial charge in [0.25, 0.3) is 0 Å². The maximum atomic E-state index is 9.68. The van der Waals surface area contributed by atoms with Gasteiger partial charge in [-0.1, -0.05) is 11.6 Å². The summed E-state index contributed by atoms with van der Waals surface area (Å²) in [7, 11) is 0. The minimum atomic E-state index is -0.624. The predicted octanol–water partition coefficient (Wildman–Crippen LogP) is 1.71. The lowest BCUT2D eigenvalue weighted by atomic mass is 10.4. The highest BCUT2D eigenvalue weighted by atomic mass is 35.5. The summed E-state index contributed by atoms with van der Waals surface area (Å²) < 4.78 is 12.0. The molecule has 1 atom stereocenters. The fourth-order valence-corrected chi connectivity index (χ4v) is 1.55. The highest BCUT2D eigenvalue weighted by molar-refractivity contribution is 6.30. The van der Waals surface area contributed by atoms with Crippen LogP contribution in [0.25, 0.3) is 0 Å². The van der Waals surface area contributed by atoms with Crippen molar-refractivity contribution in [2.75, 3.05) is 6.61 Å². The summed E-state index contributed by atoms with van der Waals surface area (Å²) in [5.74, 6) is 0.735. The first kappa shape index (κ1) is 12.2. The summed E-state index contributed by atoms with van der Waals surface area (Å²) in [6, 6.07) is 3.61. The minimum absolute atomic E-state index is 0.220. The van der Waals surface area contributed by atoms with E-state index in [0.717, 1.165) is 5.76 Å².